The van der Waals surface area contributed by atoms with Crippen LogP contribution in [0.4, 0.5) is 0 Å². The molecule has 1 aromatic carbocycles. The Hall–Kier alpha value is -3.41. The molecule has 1 amide bonds. The van der Waals surface area contributed by atoms with Crippen molar-refractivity contribution < 1.29 is 4.79 Å². The molecule has 0 bridgehead atoms. The summed E-state index contributed by atoms with van der Waals surface area (Å²) in [4.78, 5) is 22.8. The lowest BCUT2D eigenvalue weighted by Crippen LogP contribution is -2.33. The Bertz CT molecular complexity index is 1080. The summed E-state index contributed by atoms with van der Waals surface area (Å²) in [6.07, 6.45) is 7.54. The number of aromatic amines is 2. The topological polar surface area (TPSA) is 77.7 Å². The van der Waals surface area contributed by atoms with E-state index in [2.05, 4.69) is 26.2 Å². The third kappa shape index (κ3) is 3.10. The van der Waals surface area contributed by atoms with Crippen molar-refractivity contribution in [3.63, 3.8) is 0 Å². The molecule has 0 spiro atoms. The number of pyridine rings is 1. The summed E-state index contributed by atoms with van der Waals surface area (Å²) in [5.41, 5.74) is 4.57. The highest BCUT2D eigenvalue weighted by molar-refractivity contribution is 5.99. The van der Waals surface area contributed by atoms with Gasteiger partial charge in [-0.3, -0.25) is 14.9 Å². The first-order valence-electron chi connectivity index (χ1n) is 9.11. The van der Waals surface area contributed by atoms with Gasteiger partial charge in [0.25, 0.3) is 5.91 Å². The van der Waals surface area contributed by atoms with Crippen LogP contribution >= 0.6 is 0 Å². The summed E-state index contributed by atoms with van der Waals surface area (Å²) in [7, 11) is 0. The first-order chi connectivity index (χ1) is 13.3. The van der Waals surface area contributed by atoms with E-state index < -0.39 is 0 Å². The molecule has 134 valence electrons. The van der Waals surface area contributed by atoms with Gasteiger partial charge in [0, 0.05) is 34.9 Å². The number of amides is 1. The van der Waals surface area contributed by atoms with Gasteiger partial charge >= 0.3 is 0 Å². The Morgan fingerprint density at radius 2 is 2.07 bits per heavy atom. The zero-order valence-electron chi connectivity index (χ0n) is 14.7. The maximum atomic E-state index is 13.2. The molecule has 0 saturated heterocycles. The van der Waals surface area contributed by atoms with E-state index in [9.17, 15) is 4.79 Å². The van der Waals surface area contributed by atoms with Crippen molar-refractivity contribution in [3.05, 3.63) is 72.4 Å². The molecule has 4 aromatic rings. The van der Waals surface area contributed by atoms with Gasteiger partial charge < -0.3 is 9.88 Å². The monoisotopic (exact) mass is 357 g/mol. The minimum Gasteiger partial charge on any atom is -0.351 e. The highest BCUT2D eigenvalue weighted by atomic mass is 16.2. The van der Waals surface area contributed by atoms with Crippen molar-refractivity contribution in [2.45, 2.75) is 25.4 Å². The highest BCUT2D eigenvalue weighted by Crippen LogP contribution is 2.30. The molecule has 0 aliphatic heterocycles. The van der Waals surface area contributed by atoms with Crippen LogP contribution in [0.25, 0.3) is 22.0 Å². The number of fused-ring (bicyclic) bond motifs is 1. The van der Waals surface area contributed by atoms with E-state index in [0.717, 1.165) is 40.6 Å². The molecule has 6 nitrogen and oxygen atoms in total. The van der Waals surface area contributed by atoms with Crippen LogP contribution in [0.1, 0.15) is 29.0 Å². The molecular formula is C21H19N5O. The highest BCUT2D eigenvalue weighted by Gasteiger charge is 2.33. The summed E-state index contributed by atoms with van der Waals surface area (Å²) < 4.78 is 0. The second-order valence-electron chi connectivity index (χ2n) is 6.96. The number of hydrogen-bond acceptors (Lipinski definition) is 3. The average molecular weight is 357 g/mol. The van der Waals surface area contributed by atoms with Crippen LogP contribution in [0, 0.1) is 0 Å². The molecule has 0 radical (unpaired) electrons. The number of H-pyrrole nitrogens is 2. The fourth-order valence-electron chi connectivity index (χ4n) is 3.40. The summed E-state index contributed by atoms with van der Waals surface area (Å²) in [6, 6.07) is 14.2. The second-order valence-corrected chi connectivity index (χ2v) is 6.96. The van der Waals surface area contributed by atoms with Gasteiger partial charge in [-0.1, -0.05) is 18.2 Å². The van der Waals surface area contributed by atoms with Crippen molar-refractivity contribution in [3.8, 4) is 11.1 Å². The van der Waals surface area contributed by atoms with E-state index in [1.165, 1.54) is 0 Å². The van der Waals surface area contributed by atoms with Gasteiger partial charge in [0.2, 0.25) is 0 Å². The molecule has 1 saturated carbocycles. The Balaban J connectivity index is 1.45. The number of benzene rings is 1. The minimum atomic E-state index is 0.0317. The molecule has 2 N–H and O–H groups in total. The summed E-state index contributed by atoms with van der Waals surface area (Å²) in [5.74, 6) is 0.0317. The molecule has 0 atom stereocenters. The smallest absolute Gasteiger partial charge is 0.270 e. The van der Waals surface area contributed by atoms with E-state index in [4.69, 9.17) is 0 Å². The quantitative estimate of drug-likeness (QED) is 0.571. The van der Waals surface area contributed by atoms with Crippen LogP contribution in [0.3, 0.4) is 0 Å². The number of carbonyl (C=O) groups excluding carboxylic acids is 1. The normalized spacial score (nSPS) is 13.8. The lowest BCUT2D eigenvalue weighted by atomic mass is 10.1. The van der Waals surface area contributed by atoms with E-state index in [-0.39, 0.29) is 5.91 Å². The minimum absolute atomic E-state index is 0.0317. The van der Waals surface area contributed by atoms with Gasteiger partial charge in [-0.25, -0.2) is 0 Å². The maximum Gasteiger partial charge on any atom is 0.270 e. The number of aromatic nitrogens is 4. The molecule has 3 heterocycles. The molecular weight excluding hydrogens is 338 g/mol. The van der Waals surface area contributed by atoms with Gasteiger partial charge in [0.15, 0.2) is 0 Å². The van der Waals surface area contributed by atoms with Crippen LogP contribution < -0.4 is 0 Å². The SMILES string of the molecule is O=C(c1cc2ccc(-c3cn[nH]c3)cc2[nH]1)N(Cc1ccccn1)C1CC1. The Morgan fingerprint density at radius 3 is 2.81 bits per heavy atom. The van der Waals surface area contributed by atoms with E-state index in [1.807, 2.05) is 47.5 Å². The fraction of sp³-hybridized carbons (Fsp3) is 0.190. The van der Waals surface area contributed by atoms with Crippen LogP contribution in [-0.4, -0.2) is 37.0 Å². The van der Waals surface area contributed by atoms with Gasteiger partial charge in [-0.15, -0.1) is 0 Å². The largest absolute Gasteiger partial charge is 0.351 e. The number of carbonyl (C=O) groups is 1. The number of rotatable bonds is 5. The first kappa shape index (κ1) is 15.8. The predicted molar refractivity (Wildman–Crippen MR) is 103 cm³/mol. The zero-order chi connectivity index (χ0) is 18.2. The Kier molecular flexibility index (Phi) is 3.74. The third-order valence-corrected chi connectivity index (χ3v) is 4.99. The molecule has 5 rings (SSSR count). The van der Waals surface area contributed by atoms with Crippen molar-refractivity contribution >= 4 is 16.8 Å². The fourth-order valence-corrected chi connectivity index (χ4v) is 3.40. The standard InChI is InChI=1S/C21H19N5O/c27-21(26(18-6-7-18)13-17-3-1-2-8-22-17)20-10-15-5-4-14(9-19(15)25-20)16-11-23-24-12-16/h1-5,8-12,18,25H,6-7,13H2,(H,23,24). The van der Waals surface area contributed by atoms with Crippen LogP contribution in [-0.2, 0) is 6.54 Å². The molecule has 6 heteroatoms. The Labute approximate surface area is 156 Å². The zero-order valence-corrected chi connectivity index (χ0v) is 14.7. The van der Waals surface area contributed by atoms with E-state index >= 15 is 0 Å². The van der Waals surface area contributed by atoms with Gasteiger partial charge in [0.1, 0.15) is 5.69 Å². The maximum absolute atomic E-state index is 13.2. The lowest BCUT2D eigenvalue weighted by Gasteiger charge is -2.21. The summed E-state index contributed by atoms with van der Waals surface area (Å²) >= 11 is 0. The molecule has 0 unspecified atom stereocenters. The first-order valence-corrected chi connectivity index (χ1v) is 9.11. The predicted octanol–water partition coefficient (Wildman–Crippen LogP) is 3.76. The van der Waals surface area contributed by atoms with Crippen LogP contribution in [0.15, 0.2) is 61.1 Å². The second kappa shape index (κ2) is 6.39. The van der Waals surface area contributed by atoms with Gasteiger partial charge in [-0.05, 0) is 42.7 Å². The van der Waals surface area contributed by atoms with Gasteiger partial charge in [0.05, 0.1) is 18.4 Å². The van der Waals surface area contributed by atoms with E-state index in [1.54, 1.807) is 12.4 Å². The van der Waals surface area contributed by atoms with Crippen molar-refractivity contribution in [2.75, 3.05) is 0 Å². The summed E-state index contributed by atoms with van der Waals surface area (Å²) in [5, 5.41) is 7.86. The van der Waals surface area contributed by atoms with Crippen molar-refractivity contribution in [2.24, 2.45) is 0 Å². The van der Waals surface area contributed by atoms with Crippen LogP contribution in [0.5, 0.6) is 0 Å². The molecule has 27 heavy (non-hydrogen) atoms. The average Bonchev–Trinajstić information content (AvgIpc) is 3.22. The summed E-state index contributed by atoms with van der Waals surface area (Å²) in [6.45, 7) is 0.542. The van der Waals surface area contributed by atoms with E-state index in [0.29, 0.717) is 18.3 Å². The van der Waals surface area contributed by atoms with Crippen LogP contribution in [0.2, 0.25) is 0 Å². The number of nitrogens with zero attached hydrogens (tertiary/aromatic N) is 3. The number of hydrogen-bond donors (Lipinski definition) is 2. The lowest BCUT2D eigenvalue weighted by molar-refractivity contribution is 0.0722. The molecule has 1 aliphatic rings. The molecule has 3 aromatic heterocycles. The number of nitrogens with one attached hydrogen (secondary N) is 2. The van der Waals surface area contributed by atoms with Gasteiger partial charge in [-0.2, -0.15) is 5.10 Å². The van der Waals surface area contributed by atoms with Crippen molar-refractivity contribution in [1.29, 1.82) is 0 Å². The molecule has 1 fully saturated rings. The molecule has 1 aliphatic carbocycles. The third-order valence-electron chi connectivity index (χ3n) is 4.99. The Morgan fingerprint density at radius 1 is 1.15 bits per heavy atom. The van der Waals surface area contributed by atoms with Crippen molar-refractivity contribution in [1.82, 2.24) is 25.1 Å².